The standard InChI is InChI=1S/C23H31FN4O2/c1-5-16(2)22(29)28-19-10-8-9-18(13-19)15-27-23(25-4)26-14-17(3)30-21-12-7-6-11-20(21)24/h6-13,16-17H,5,14-15H2,1-4H3,(H,28,29)(H2,25,26,27). The van der Waals surface area contributed by atoms with Crippen molar-refractivity contribution in [3.8, 4) is 5.75 Å². The van der Waals surface area contributed by atoms with E-state index in [-0.39, 0.29) is 29.5 Å². The molecule has 2 rings (SSSR count). The van der Waals surface area contributed by atoms with Gasteiger partial charge in [-0.05, 0) is 43.2 Å². The van der Waals surface area contributed by atoms with Crippen LogP contribution in [0.5, 0.6) is 5.75 Å². The Morgan fingerprint density at radius 1 is 1.13 bits per heavy atom. The van der Waals surface area contributed by atoms with E-state index in [0.717, 1.165) is 17.7 Å². The van der Waals surface area contributed by atoms with Gasteiger partial charge in [0.2, 0.25) is 5.91 Å². The minimum atomic E-state index is -0.382. The van der Waals surface area contributed by atoms with E-state index >= 15 is 0 Å². The van der Waals surface area contributed by atoms with Crippen LogP contribution in [0.1, 0.15) is 32.8 Å². The Kier molecular flexibility index (Phi) is 9.12. The van der Waals surface area contributed by atoms with Gasteiger partial charge in [-0.1, -0.05) is 38.1 Å². The summed E-state index contributed by atoms with van der Waals surface area (Å²) in [6, 6.07) is 14.0. The van der Waals surface area contributed by atoms with E-state index in [0.29, 0.717) is 19.0 Å². The Balaban J connectivity index is 1.83. The molecule has 162 valence electrons. The number of anilines is 1. The fourth-order valence-electron chi connectivity index (χ4n) is 2.66. The molecule has 0 aliphatic rings. The maximum atomic E-state index is 13.7. The third-order valence-corrected chi connectivity index (χ3v) is 4.66. The summed E-state index contributed by atoms with van der Waals surface area (Å²) in [5.41, 5.74) is 1.78. The molecule has 2 aromatic carbocycles. The highest BCUT2D eigenvalue weighted by atomic mass is 19.1. The van der Waals surface area contributed by atoms with Crippen LogP contribution < -0.4 is 20.7 Å². The minimum Gasteiger partial charge on any atom is -0.486 e. The van der Waals surface area contributed by atoms with Gasteiger partial charge in [-0.3, -0.25) is 9.79 Å². The Morgan fingerprint density at radius 2 is 1.90 bits per heavy atom. The first kappa shape index (κ1) is 23.2. The van der Waals surface area contributed by atoms with Gasteiger partial charge in [0.25, 0.3) is 0 Å². The average molecular weight is 415 g/mol. The number of para-hydroxylation sites is 1. The zero-order valence-corrected chi connectivity index (χ0v) is 18.0. The first-order valence-corrected chi connectivity index (χ1v) is 10.2. The predicted molar refractivity (Wildman–Crippen MR) is 119 cm³/mol. The van der Waals surface area contributed by atoms with Crippen LogP contribution in [0, 0.1) is 11.7 Å². The molecule has 0 bridgehead atoms. The van der Waals surface area contributed by atoms with Gasteiger partial charge in [0, 0.05) is 25.2 Å². The van der Waals surface area contributed by atoms with Crippen LogP contribution in [0.3, 0.4) is 0 Å². The van der Waals surface area contributed by atoms with Crippen LogP contribution >= 0.6 is 0 Å². The molecule has 6 nitrogen and oxygen atoms in total. The van der Waals surface area contributed by atoms with Crippen molar-refractivity contribution in [1.29, 1.82) is 0 Å². The molecule has 0 spiro atoms. The summed E-state index contributed by atoms with van der Waals surface area (Å²) in [4.78, 5) is 16.3. The number of hydrogen-bond donors (Lipinski definition) is 3. The molecule has 2 unspecified atom stereocenters. The molecule has 7 heteroatoms. The lowest BCUT2D eigenvalue weighted by atomic mass is 10.1. The van der Waals surface area contributed by atoms with Crippen molar-refractivity contribution in [3.63, 3.8) is 0 Å². The smallest absolute Gasteiger partial charge is 0.227 e. The summed E-state index contributed by atoms with van der Waals surface area (Å²) in [5.74, 6) is 0.443. The fraction of sp³-hybridized carbons (Fsp3) is 0.391. The van der Waals surface area contributed by atoms with Gasteiger partial charge >= 0.3 is 0 Å². The van der Waals surface area contributed by atoms with E-state index in [4.69, 9.17) is 4.74 Å². The summed E-state index contributed by atoms with van der Waals surface area (Å²) in [5, 5.41) is 9.34. The molecule has 0 aromatic heterocycles. The number of ether oxygens (including phenoxy) is 1. The van der Waals surface area contributed by atoms with E-state index in [1.54, 1.807) is 25.2 Å². The van der Waals surface area contributed by atoms with Gasteiger partial charge in [-0.25, -0.2) is 4.39 Å². The number of nitrogens with one attached hydrogen (secondary N) is 3. The number of carbonyl (C=O) groups excluding carboxylic acids is 1. The second kappa shape index (κ2) is 11.8. The van der Waals surface area contributed by atoms with Gasteiger partial charge in [0.1, 0.15) is 6.10 Å². The van der Waals surface area contributed by atoms with E-state index in [1.807, 2.05) is 45.0 Å². The summed E-state index contributed by atoms with van der Waals surface area (Å²) >= 11 is 0. The van der Waals surface area contributed by atoms with Crippen LogP contribution in [-0.4, -0.2) is 31.6 Å². The summed E-state index contributed by atoms with van der Waals surface area (Å²) in [6.07, 6.45) is 0.549. The van der Waals surface area contributed by atoms with Crippen molar-refractivity contribution in [1.82, 2.24) is 10.6 Å². The summed E-state index contributed by atoms with van der Waals surface area (Å²) in [7, 11) is 1.68. The molecule has 2 atom stereocenters. The van der Waals surface area contributed by atoms with Crippen LogP contribution in [0.4, 0.5) is 10.1 Å². The van der Waals surface area contributed by atoms with Crippen molar-refractivity contribution >= 4 is 17.6 Å². The highest BCUT2D eigenvalue weighted by molar-refractivity contribution is 5.92. The van der Waals surface area contributed by atoms with Gasteiger partial charge in [0.15, 0.2) is 17.5 Å². The number of aliphatic imine (C=N–C) groups is 1. The Bertz CT molecular complexity index is 857. The highest BCUT2D eigenvalue weighted by Crippen LogP contribution is 2.17. The molecular weight excluding hydrogens is 383 g/mol. The third kappa shape index (κ3) is 7.39. The Labute approximate surface area is 177 Å². The molecule has 0 aliphatic carbocycles. The lowest BCUT2D eigenvalue weighted by molar-refractivity contribution is -0.119. The lowest BCUT2D eigenvalue weighted by Crippen LogP contribution is -2.41. The second-order valence-electron chi connectivity index (χ2n) is 7.16. The zero-order chi connectivity index (χ0) is 21.9. The van der Waals surface area contributed by atoms with E-state index in [9.17, 15) is 9.18 Å². The number of nitrogens with zero attached hydrogens (tertiary/aromatic N) is 1. The molecule has 1 amide bonds. The molecule has 0 fully saturated rings. The lowest BCUT2D eigenvalue weighted by Gasteiger charge is -2.18. The fourth-order valence-corrected chi connectivity index (χ4v) is 2.66. The van der Waals surface area contributed by atoms with Crippen LogP contribution in [-0.2, 0) is 11.3 Å². The maximum Gasteiger partial charge on any atom is 0.227 e. The minimum absolute atomic E-state index is 0.0175. The zero-order valence-electron chi connectivity index (χ0n) is 18.0. The molecule has 30 heavy (non-hydrogen) atoms. The average Bonchev–Trinajstić information content (AvgIpc) is 2.75. The Hall–Kier alpha value is -3.09. The molecule has 0 radical (unpaired) electrons. The summed E-state index contributed by atoms with van der Waals surface area (Å²) < 4.78 is 19.3. The molecule has 0 saturated carbocycles. The number of rotatable bonds is 9. The molecule has 0 aliphatic heterocycles. The highest BCUT2D eigenvalue weighted by Gasteiger charge is 2.11. The molecular formula is C23H31FN4O2. The number of halogens is 1. The van der Waals surface area contributed by atoms with E-state index < -0.39 is 0 Å². The monoisotopic (exact) mass is 414 g/mol. The van der Waals surface area contributed by atoms with Crippen molar-refractivity contribution in [2.75, 3.05) is 18.9 Å². The number of carbonyl (C=O) groups is 1. The van der Waals surface area contributed by atoms with E-state index in [2.05, 4.69) is 20.9 Å². The summed E-state index contributed by atoms with van der Waals surface area (Å²) in [6.45, 7) is 6.75. The van der Waals surface area contributed by atoms with Crippen molar-refractivity contribution < 1.29 is 13.9 Å². The number of hydrogen-bond acceptors (Lipinski definition) is 3. The SMILES string of the molecule is CCC(C)C(=O)Nc1cccc(CNC(=NC)NCC(C)Oc2ccccc2F)c1. The molecule has 3 N–H and O–H groups in total. The molecule has 0 heterocycles. The van der Waals surface area contributed by atoms with Gasteiger partial charge in [-0.2, -0.15) is 0 Å². The normalized spacial score (nSPS) is 13.3. The van der Waals surface area contributed by atoms with Gasteiger partial charge in [0.05, 0.1) is 6.54 Å². The maximum absolute atomic E-state index is 13.7. The van der Waals surface area contributed by atoms with Crippen LogP contribution in [0.15, 0.2) is 53.5 Å². The first-order valence-electron chi connectivity index (χ1n) is 10.2. The molecule has 0 saturated heterocycles. The third-order valence-electron chi connectivity index (χ3n) is 4.66. The van der Waals surface area contributed by atoms with Crippen molar-refractivity contribution in [3.05, 3.63) is 59.9 Å². The number of amides is 1. The van der Waals surface area contributed by atoms with Crippen LogP contribution in [0.25, 0.3) is 0 Å². The van der Waals surface area contributed by atoms with Crippen LogP contribution in [0.2, 0.25) is 0 Å². The largest absolute Gasteiger partial charge is 0.486 e. The van der Waals surface area contributed by atoms with Crippen molar-refractivity contribution in [2.45, 2.75) is 39.8 Å². The Morgan fingerprint density at radius 3 is 2.60 bits per heavy atom. The van der Waals surface area contributed by atoms with Gasteiger partial charge < -0.3 is 20.7 Å². The van der Waals surface area contributed by atoms with Gasteiger partial charge in [-0.15, -0.1) is 0 Å². The predicted octanol–water partition coefficient (Wildman–Crippen LogP) is 3.94. The topological polar surface area (TPSA) is 74.8 Å². The quantitative estimate of drug-likeness (QED) is 0.429. The van der Waals surface area contributed by atoms with E-state index in [1.165, 1.54) is 6.07 Å². The first-order chi connectivity index (χ1) is 14.4. The second-order valence-corrected chi connectivity index (χ2v) is 7.16. The number of guanidine groups is 1. The molecule has 2 aromatic rings. The number of benzene rings is 2. The van der Waals surface area contributed by atoms with Crippen molar-refractivity contribution in [2.24, 2.45) is 10.9 Å².